The highest BCUT2D eigenvalue weighted by atomic mass is 32.2. The molecule has 2 aromatic rings. The van der Waals surface area contributed by atoms with Gasteiger partial charge in [0.15, 0.2) is 5.54 Å². The van der Waals surface area contributed by atoms with E-state index in [0.29, 0.717) is 17.7 Å². The summed E-state index contributed by atoms with van der Waals surface area (Å²) in [5.41, 5.74) is -1.42. The standard InChI is InChI=1S/C25H27N3O7S/c1-26(2)36(33,34)17-10-7-9-16(15-17)21(29)20-22(30)23(31)28(13-8-14-35-4)25(20)18-11-5-6-12-19(18)27(3)24(25)32/h5-7,9-12,15,29H,8,13-14H2,1-4H3/t25-/m1/s1. The lowest BCUT2D eigenvalue weighted by molar-refractivity contribution is -0.143. The molecule has 1 N–H and O–H groups in total. The second kappa shape index (κ2) is 9.16. The Morgan fingerprint density at radius 1 is 1.08 bits per heavy atom. The van der Waals surface area contributed by atoms with Gasteiger partial charge < -0.3 is 19.6 Å². The van der Waals surface area contributed by atoms with Crippen molar-refractivity contribution in [3.63, 3.8) is 0 Å². The van der Waals surface area contributed by atoms with Crippen molar-refractivity contribution in [1.82, 2.24) is 9.21 Å². The first-order chi connectivity index (χ1) is 17.0. The van der Waals surface area contributed by atoms with E-state index in [1.807, 2.05) is 0 Å². The first-order valence-electron chi connectivity index (χ1n) is 11.2. The second-order valence-corrected chi connectivity index (χ2v) is 10.9. The van der Waals surface area contributed by atoms with Crippen molar-refractivity contribution in [3.8, 4) is 0 Å². The van der Waals surface area contributed by atoms with Crippen molar-refractivity contribution in [2.45, 2.75) is 16.9 Å². The molecular formula is C25H27N3O7S. The van der Waals surface area contributed by atoms with Crippen molar-refractivity contribution >= 4 is 39.1 Å². The molecule has 0 saturated carbocycles. The number of benzene rings is 2. The minimum atomic E-state index is -3.85. The number of carbonyl (C=O) groups excluding carboxylic acids is 3. The third-order valence-electron chi connectivity index (χ3n) is 6.56. The number of aliphatic hydroxyl groups excluding tert-OH is 1. The number of aliphatic hydroxyl groups is 1. The molecule has 0 radical (unpaired) electrons. The average molecular weight is 514 g/mol. The smallest absolute Gasteiger partial charge is 0.296 e. The van der Waals surface area contributed by atoms with Crippen LogP contribution in [0.5, 0.6) is 0 Å². The number of fused-ring (bicyclic) bond motifs is 2. The van der Waals surface area contributed by atoms with Crippen molar-refractivity contribution < 1.29 is 32.6 Å². The van der Waals surface area contributed by atoms with Crippen LogP contribution in [-0.2, 0) is 34.7 Å². The molecule has 36 heavy (non-hydrogen) atoms. The van der Waals surface area contributed by atoms with Gasteiger partial charge in [-0.3, -0.25) is 14.4 Å². The maximum absolute atomic E-state index is 13.9. The Balaban J connectivity index is 2.01. The molecule has 11 heteroatoms. The van der Waals surface area contributed by atoms with Crippen LogP contribution in [0.15, 0.2) is 59.0 Å². The van der Waals surface area contributed by atoms with Gasteiger partial charge in [0, 0.05) is 58.2 Å². The summed E-state index contributed by atoms with van der Waals surface area (Å²) in [6.07, 6.45) is 0.348. The van der Waals surface area contributed by atoms with Gasteiger partial charge in [-0.15, -0.1) is 0 Å². The van der Waals surface area contributed by atoms with E-state index in [0.717, 1.165) is 4.31 Å². The van der Waals surface area contributed by atoms with Gasteiger partial charge >= 0.3 is 0 Å². The number of ether oxygens (including phenoxy) is 1. The summed E-state index contributed by atoms with van der Waals surface area (Å²) >= 11 is 0. The summed E-state index contributed by atoms with van der Waals surface area (Å²) in [6.45, 7) is 0.313. The molecule has 1 spiro atoms. The van der Waals surface area contributed by atoms with Gasteiger partial charge in [0.05, 0.1) is 10.5 Å². The number of hydrogen-bond acceptors (Lipinski definition) is 7. The van der Waals surface area contributed by atoms with Gasteiger partial charge in [-0.25, -0.2) is 12.7 Å². The van der Waals surface area contributed by atoms with E-state index in [2.05, 4.69) is 0 Å². The van der Waals surface area contributed by atoms with Gasteiger partial charge in [-0.1, -0.05) is 30.3 Å². The number of hydrogen-bond donors (Lipinski definition) is 1. The average Bonchev–Trinajstić information content (AvgIpc) is 3.22. The molecular weight excluding hydrogens is 486 g/mol. The lowest BCUT2D eigenvalue weighted by atomic mass is 9.82. The molecule has 0 unspecified atom stereocenters. The summed E-state index contributed by atoms with van der Waals surface area (Å²) in [5.74, 6) is -3.15. The van der Waals surface area contributed by atoms with E-state index in [1.54, 1.807) is 24.3 Å². The number of nitrogens with zero attached hydrogens (tertiary/aromatic N) is 3. The fraction of sp³-hybridized carbons (Fsp3) is 0.320. The fourth-order valence-corrected chi connectivity index (χ4v) is 5.75. The summed E-state index contributed by atoms with van der Waals surface area (Å²) in [5, 5.41) is 11.5. The highest BCUT2D eigenvalue weighted by Crippen LogP contribution is 2.53. The van der Waals surface area contributed by atoms with Crippen LogP contribution in [0.1, 0.15) is 17.5 Å². The Hall–Kier alpha value is -3.54. The molecule has 2 aliphatic rings. The van der Waals surface area contributed by atoms with Crippen molar-refractivity contribution in [3.05, 3.63) is 65.2 Å². The quantitative estimate of drug-likeness (QED) is 0.258. The van der Waals surface area contributed by atoms with Crippen LogP contribution >= 0.6 is 0 Å². The number of amides is 2. The highest BCUT2D eigenvalue weighted by molar-refractivity contribution is 7.89. The molecule has 2 aromatic carbocycles. The Labute approximate surface area is 209 Å². The zero-order chi connectivity index (χ0) is 26.4. The Morgan fingerprint density at radius 3 is 2.44 bits per heavy atom. The molecule has 190 valence electrons. The number of carbonyl (C=O) groups is 3. The summed E-state index contributed by atoms with van der Waals surface area (Å²) in [7, 11) is 1.93. The molecule has 2 aliphatic heterocycles. The SMILES string of the molecule is COCCCN1C(=O)C(=O)C(=C(O)c2cccc(S(=O)(=O)N(C)C)c2)[C@]12C(=O)N(C)c1ccccc12. The van der Waals surface area contributed by atoms with Crippen LogP contribution in [0, 0.1) is 0 Å². The normalized spacial score (nSPS) is 21.2. The summed E-state index contributed by atoms with van der Waals surface area (Å²) in [6, 6.07) is 12.2. The van der Waals surface area contributed by atoms with E-state index in [-0.39, 0.29) is 23.6 Å². The third kappa shape index (κ3) is 3.54. The van der Waals surface area contributed by atoms with Crippen LogP contribution < -0.4 is 4.90 Å². The van der Waals surface area contributed by atoms with Gasteiger partial charge in [0.25, 0.3) is 17.6 Å². The van der Waals surface area contributed by atoms with Crippen LogP contribution in [0.25, 0.3) is 5.76 Å². The maximum atomic E-state index is 13.9. The molecule has 0 bridgehead atoms. The van der Waals surface area contributed by atoms with Gasteiger partial charge in [0.2, 0.25) is 10.0 Å². The minimum Gasteiger partial charge on any atom is -0.507 e. The zero-order valence-electron chi connectivity index (χ0n) is 20.4. The first kappa shape index (κ1) is 25.5. The molecule has 0 aromatic heterocycles. The van der Waals surface area contributed by atoms with Gasteiger partial charge in [0.1, 0.15) is 5.76 Å². The second-order valence-electron chi connectivity index (χ2n) is 8.76. The Morgan fingerprint density at radius 2 is 1.78 bits per heavy atom. The number of rotatable bonds is 7. The molecule has 0 aliphatic carbocycles. The largest absolute Gasteiger partial charge is 0.507 e. The van der Waals surface area contributed by atoms with Crippen LogP contribution in [0.2, 0.25) is 0 Å². The Kier molecular flexibility index (Phi) is 6.50. The lowest BCUT2D eigenvalue weighted by Crippen LogP contribution is -2.51. The van der Waals surface area contributed by atoms with E-state index >= 15 is 0 Å². The number of methoxy groups -OCH3 is 1. The van der Waals surface area contributed by atoms with Crippen LogP contribution in [0.3, 0.4) is 0 Å². The molecule has 1 atom stereocenters. The summed E-state index contributed by atoms with van der Waals surface area (Å²) < 4.78 is 31.5. The molecule has 10 nitrogen and oxygen atoms in total. The van der Waals surface area contributed by atoms with Crippen LogP contribution in [0.4, 0.5) is 5.69 Å². The number of sulfonamides is 1. The van der Waals surface area contributed by atoms with E-state index in [4.69, 9.17) is 4.74 Å². The molecule has 1 saturated heterocycles. The Bertz CT molecular complexity index is 1400. The van der Waals surface area contributed by atoms with E-state index in [1.165, 1.54) is 62.3 Å². The molecule has 2 amide bonds. The fourth-order valence-electron chi connectivity index (χ4n) is 4.80. The zero-order valence-corrected chi connectivity index (χ0v) is 21.2. The number of anilines is 1. The first-order valence-corrected chi connectivity index (χ1v) is 12.6. The van der Waals surface area contributed by atoms with Crippen LogP contribution in [-0.4, -0.2) is 81.7 Å². The van der Waals surface area contributed by atoms with Crippen molar-refractivity contribution in [2.75, 3.05) is 46.3 Å². The number of likely N-dealkylation sites (N-methyl/N-ethyl adjacent to an activating group) is 1. The number of likely N-dealkylation sites (tertiary alicyclic amines) is 1. The van der Waals surface area contributed by atoms with E-state index < -0.39 is 44.5 Å². The van der Waals surface area contributed by atoms with Gasteiger partial charge in [-0.2, -0.15) is 0 Å². The molecule has 4 rings (SSSR count). The topological polar surface area (TPSA) is 125 Å². The predicted octanol–water partition coefficient (Wildman–Crippen LogP) is 1.53. The van der Waals surface area contributed by atoms with Gasteiger partial charge in [-0.05, 0) is 24.6 Å². The summed E-state index contributed by atoms with van der Waals surface area (Å²) in [4.78, 5) is 43.0. The third-order valence-corrected chi connectivity index (χ3v) is 8.37. The van der Waals surface area contributed by atoms with Crippen molar-refractivity contribution in [1.29, 1.82) is 0 Å². The molecule has 2 heterocycles. The molecule has 1 fully saturated rings. The number of para-hydroxylation sites is 1. The monoisotopic (exact) mass is 513 g/mol. The number of ketones is 1. The maximum Gasteiger partial charge on any atom is 0.296 e. The van der Waals surface area contributed by atoms with E-state index in [9.17, 15) is 27.9 Å². The van der Waals surface area contributed by atoms with Crippen molar-refractivity contribution in [2.24, 2.45) is 0 Å². The lowest BCUT2D eigenvalue weighted by Gasteiger charge is -2.34. The minimum absolute atomic E-state index is 0.00738. The predicted molar refractivity (Wildman–Crippen MR) is 132 cm³/mol. The highest BCUT2D eigenvalue weighted by Gasteiger charge is 2.66. The number of Topliss-reactive ketones (excluding diaryl/α,β-unsaturated/α-hetero) is 1.